The number of piperidine rings is 1. The van der Waals surface area contributed by atoms with E-state index in [9.17, 15) is 9.59 Å². The molecule has 23 heavy (non-hydrogen) atoms. The van der Waals surface area contributed by atoms with E-state index in [1.165, 1.54) is 18.2 Å². The quantitative estimate of drug-likeness (QED) is 0.807. The van der Waals surface area contributed by atoms with Crippen LogP contribution in [0.5, 0.6) is 0 Å². The normalized spacial score (nSPS) is 23.0. The van der Waals surface area contributed by atoms with Gasteiger partial charge in [-0.25, -0.2) is 9.89 Å². The number of carbonyl (C=O) groups excluding carboxylic acids is 1. The van der Waals surface area contributed by atoms with Crippen LogP contribution in [0.1, 0.15) is 47.0 Å². The molecule has 1 aliphatic heterocycles. The van der Waals surface area contributed by atoms with Gasteiger partial charge < -0.3 is 4.90 Å². The van der Waals surface area contributed by atoms with Crippen LogP contribution in [0.25, 0.3) is 0 Å². The molecule has 7 heteroatoms. The number of unbranched alkanes of at least 4 members (excludes halogenated alkanes) is 1. The van der Waals surface area contributed by atoms with Gasteiger partial charge in [0.1, 0.15) is 0 Å². The molecule has 1 aromatic heterocycles. The van der Waals surface area contributed by atoms with Gasteiger partial charge in [0.2, 0.25) is 5.91 Å². The highest BCUT2D eigenvalue weighted by molar-refractivity contribution is 8.00. The van der Waals surface area contributed by atoms with Crippen LogP contribution in [0.2, 0.25) is 0 Å². The van der Waals surface area contributed by atoms with Crippen molar-refractivity contribution in [3.05, 3.63) is 10.5 Å². The van der Waals surface area contributed by atoms with E-state index >= 15 is 0 Å². The second-order valence-corrected chi connectivity index (χ2v) is 8.07. The number of amides is 1. The Morgan fingerprint density at radius 1 is 1.39 bits per heavy atom. The summed E-state index contributed by atoms with van der Waals surface area (Å²) in [5, 5.41) is 6.96. The van der Waals surface area contributed by atoms with Gasteiger partial charge in [-0.15, -0.1) is 5.10 Å². The summed E-state index contributed by atoms with van der Waals surface area (Å²) in [7, 11) is 0. The number of rotatable bonds is 6. The van der Waals surface area contributed by atoms with Crippen molar-refractivity contribution >= 4 is 17.7 Å². The lowest BCUT2D eigenvalue weighted by atomic mass is 9.92. The van der Waals surface area contributed by atoms with E-state index in [4.69, 9.17) is 0 Å². The highest BCUT2D eigenvalue weighted by atomic mass is 32.2. The summed E-state index contributed by atoms with van der Waals surface area (Å²) >= 11 is 1.38. The van der Waals surface area contributed by atoms with Crippen molar-refractivity contribution in [2.45, 2.75) is 63.9 Å². The number of aromatic amines is 1. The lowest BCUT2D eigenvalue weighted by molar-refractivity contribution is -0.132. The smallest absolute Gasteiger partial charge is 0.341 e. The van der Waals surface area contributed by atoms with Gasteiger partial charge in [-0.05, 0) is 31.6 Å². The number of carbonyl (C=O) groups is 1. The van der Waals surface area contributed by atoms with Crippen LogP contribution in [0, 0.1) is 11.8 Å². The number of hydrogen-bond acceptors (Lipinski definition) is 4. The number of thioether (sulfide) groups is 1. The molecule has 2 rings (SSSR count). The summed E-state index contributed by atoms with van der Waals surface area (Å²) in [6.45, 7) is 10.7. The third-order valence-electron chi connectivity index (χ3n) is 4.27. The summed E-state index contributed by atoms with van der Waals surface area (Å²) in [6, 6.07) is 0. The Bertz CT molecular complexity index is 573. The number of aromatic nitrogens is 3. The number of hydrogen-bond donors (Lipinski definition) is 1. The van der Waals surface area contributed by atoms with Crippen molar-refractivity contribution in [3.63, 3.8) is 0 Å². The zero-order valence-electron chi connectivity index (χ0n) is 14.5. The van der Waals surface area contributed by atoms with E-state index in [0.29, 0.717) is 23.5 Å². The number of likely N-dealkylation sites (tertiary alicyclic amines) is 1. The van der Waals surface area contributed by atoms with Gasteiger partial charge in [0, 0.05) is 19.6 Å². The predicted octanol–water partition coefficient (Wildman–Crippen LogP) is 2.36. The van der Waals surface area contributed by atoms with E-state index in [1.807, 2.05) is 11.8 Å². The van der Waals surface area contributed by atoms with Gasteiger partial charge in [-0.2, -0.15) is 0 Å². The molecule has 0 radical (unpaired) electrons. The Balaban J connectivity index is 2.02. The highest BCUT2D eigenvalue weighted by Gasteiger charge is 2.29. The molecule has 1 fully saturated rings. The molecule has 1 N–H and O–H groups in total. The maximum atomic E-state index is 12.7. The molecular formula is C16H28N4O2S. The lowest BCUT2D eigenvalue weighted by Crippen LogP contribution is -2.45. The first-order valence-corrected chi connectivity index (χ1v) is 9.41. The monoisotopic (exact) mass is 340 g/mol. The van der Waals surface area contributed by atoms with Gasteiger partial charge in [-0.3, -0.25) is 9.36 Å². The van der Waals surface area contributed by atoms with Crippen molar-refractivity contribution in [1.29, 1.82) is 0 Å². The molecule has 1 aliphatic rings. The second-order valence-electron chi connectivity index (χ2n) is 6.77. The average molecular weight is 340 g/mol. The molecule has 0 spiro atoms. The van der Waals surface area contributed by atoms with Gasteiger partial charge in [0.15, 0.2) is 5.16 Å². The van der Waals surface area contributed by atoms with Crippen molar-refractivity contribution in [2.75, 3.05) is 13.1 Å². The van der Waals surface area contributed by atoms with Crippen molar-refractivity contribution in [1.82, 2.24) is 19.7 Å². The summed E-state index contributed by atoms with van der Waals surface area (Å²) in [6.07, 6.45) is 3.12. The predicted molar refractivity (Wildman–Crippen MR) is 92.6 cm³/mol. The van der Waals surface area contributed by atoms with Crippen molar-refractivity contribution in [2.24, 2.45) is 11.8 Å². The first-order chi connectivity index (χ1) is 10.9. The van der Waals surface area contributed by atoms with E-state index in [1.54, 1.807) is 4.57 Å². The summed E-state index contributed by atoms with van der Waals surface area (Å²) < 4.78 is 1.64. The van der Waals surface area contributed by atoms with E-state index in [0.717, 1.165) is 25.9 Å². The largest absolute Gasteiger partial charge is 0.343 e. The van der Waals surface area contributed by atoms with Gasteiger partial charge in [0.05, 0.1) is 5.25 Å². The number of nitrogens with one attached hydrogen (secondary N) is 1. The van der Waals surface area contributed by atoms with Crippen LogP contribution in [0.3, 0.4) is 0 Å². The minimum absolute atomic E-state index is 0.144. The molecule has 0 bridgehead atoms. The zero-order chi connectivity index (χ0) is 17.0. The molecule has 6 nitrogen and oxygen atoms in total. The lowest BCUT2D eigenvalue weighted by Gasteiger charge is -2.36. The topological polar surface area (TPSA) is 71.0 Å². The summed E-state index contributed by atoms with van der Waals surface area (Å²) in [5.41, 5.74) is -0.194. The van der Waals surface area contributed by atoms with Crippen LogP contribution in [-0.4, -0.2) is 43.9 Å². The molecule has 0 aromatic carbocycles. The first-order valence-electron chi connectivity index (χ1n) is 8.53. The Morgan fingerprint density at radius 3 is 2.65 bits per heavy atom. The summed E-state index contributed by atoms with van der Waals surface area (Å²) in [4.78, 5) is 26.5. The SMILES string of the molecule is CCCCn1c(SC(C)C(=O)N2CC(C)CC(C)C2)n[nH]c1=O. The standard InChI is InChI=1S/C16H28N4O2S/c1-5-6-7-20-15(22)17-18-16(20)23-13(4)14(21)19-9-11(2)8-12(3)10-19/h11-13H,5-10H2,1-4H3,(H,17,22). The second kappa shape index (κ2) is 8.04. The Morgan fingerprint density at radius 2 is 2.04 bits per heavy atom. The molecule has 1 aromatic rings. The van der Waals surface area contributed by atoms with Gasteiger partial charge in [-0.1, -0.05) is 39.0 Å². The highest BCUT2D eigenvalue weighted by Crippen LogP contribution is 2.26. The minimum atomic E-state index is -0.233. The fourth-order valence-corrected chi connectivity index (χ4v) is 4.18. The van der Waals surface area contributed by atoms with Crippen LogP contribution in [-0.2, 0) is 11.3 Å². The average Bonchev–Trinajstić information content (AvgIpc) is 2.83. The van der Waals surface area contributed by atoms with E-state index in [2.05, 4.69) is 31.0 Å². The van der Waals surface area contributed by atoms with Crippen molar-refractivity contribution < 1.29 is 4.79 Å². The third-order valence-corrected chi connectivity index (χ3v) is 5.35. The molecule has 3 atom stereocenters. The maximum absolute atomic E-state index is 12.7. The first kappa shape index (κ1) is 18.1. The maximum Gasteiger partial charge on any atom is 0.343 e. The number of nitrogens with zero attached hydrogens (tertiary/aromatic N) is 3. The molecule has 130 valence electrons. The Hall–Kier alpha value is -1.24. The van der Waals surface area contributed by atoms with Crippen LogP contribution in [0.4, 0.5) is 0 Å². The third kappa shape index (κ3) is 4.62. The van der Waals surface area contributed by atoms with Crippen LogP contribution < -0.4 is 5.69 Å². The Labute approximate surface area is 142 Å². The molecular weight excluding hydrogens is 312 g/mol. The molecule has 0 aliphatic carbocycles. The minimum Gasteiger partial charge on any atom is -0.341 e. The van der Waals surface area contributed by atoms with E-state index < -0.39 is 0 Å². The van der Waals surface area contributed by atoms with Crippen LogP contribution in [0.15, 0.2) is 9.95 Å². The molecule has 3 unspecified atom stereocenters. The van der Waals surface area contributed by atoms with Crippen molar-refractivity contribution in [3.8, 4) is 0 Å². The Kier molecular flexibility index (Phi) is 6.33. The van der Waals surface area contributed by atoms with Gasteiger partial charge in [0.25, 0.3) is 0 Å². The molecule has 1 saturated heterocycles. The summed E-state index contributed by atoms with van der Waals surface area (Å²) in [5.74, 6) is 1.24. The fourth-order valence-electron chi connectivity index (χ4n) is 3.22. The van der Waals surface area contributed by atoms with E-state index in [-0.39, 0.29) is 16.8 Å². The molecule has 0 saturated carbocycles. The number of H-pyrrole nitrogens is 1. The van der Waals surface area contributed by atoms with Gasteiger partial charge >= 0.3 is 5.69 Å². The van der Waals surface area contributed by atoms with Crippen LogP contribution >= 0.6 is 11.8 Å². The fraction of sp³-hybridized carbons (Fsp3) is 0.812. The molecule has 1 amide bonds. The molecule has 2 heterocycles. The zero-order valence-corrected chi connectivity index (χ0v) is 15.4.